The lowest BCUT2D eigenvalue weighted by Gasteiger charge is -2.39. The molecule has 33 heavy (non-hydrogen) atoms. The largest absolute Gasteiger partial charge is 0.379 e. The maximum Gasteiger partial charge on any atom is 0.379 e. The van der Waals surface area contributed by atoms with E-state index in [0.29, 0.717) is 0 Å². The number of quaternary nitrogens is 1. The highest BCUT2D eigenvalue weighted by molar-refractivity contribution is 4.53. The first-order valence-electron chi connectivity index (χ1n) is 13.4. The Bertz CT molecular complexity index is 278. The summed E-state index contributed by atoms with van der Waals surface area (Å²) in [5.74, 6) is 0. The molecule has 0 aromatic carbocycles. The van der Waals surface area contributed by atoms with Crippen LogP contribution in [-0.4, -0.2) is 44.0 Å². The highest BCUT2D eigenvalue weighted by atomic mass is 19.4. The van der Waals surface area contributed by atoms with Crippen LogP contribution in [0.4, 0.5) is 26.3 Å². The molecule has 0 bridgehead atoms. The van der Waals surface area contributed by atoms with Gasteiger partial charge < -0.3 is 4.48 Å². The highest BCUT2D eigenvalue weighted by Gasteiger charge is 2.25. The third-order valence-electron chi connectivity index (χ3n) is 5.94. The SMILES string of the molecule is CCCCCC[N+](CCCCCC)(CCCCCC)CCCCCC.FC(F)F.FC(F)F. The van der Waals surface area contributed by atoms with Crippen molar-refractivity contribution in [1.82, 2.24) is 0 Å². The van der Waals surface area contributed by atoms with Crippen LogP contribution in [0.25, 0.3) is 0 Å². The minimum Gasteiger partial charge on any atom is -0.324 e. The van der Waals surface area contributed by atoms with Crippen molar-refractivity contribution in [2.75, 3.05) is 26.2 Å². The van der Waals surface area contributed by atoms with Gasteiger partial charge in [0.05, 0.1) is 26.2 Å². The average molecular weight is 495 g/mol. The standard InChI is InChI=1S/C24H52N.2CHF3/c1-5-9-13-17-21-25(22-18-14-10-6-2,23-19-15-11-7-3)24-20-16-12-8-4;2*2-1(3)4/h5-24H2,1-4H3;2*1H/q+1;;. The summed E-state index contributed by atoms with van der Waals surface area (Å²) < 4.78 is 59.5. The van der Waals surface area contributed by atoms with E-state index < -0.39 is 13.4 Å². The van der Waals surface area contributed by atoms with Crippen molar-refractivity contribution in [3.8, 4) is 0 Å². The van der Waals surface area contributed by atoms with Crippen molar-refractivity contribution in [2.45, 2.75) is 144 Å². The first-order chi connectivity index (χ1) is 15.7. The number of alkyl halides is 6. The summed E-state index contributed by atoms with van der Waals surface area (Å²) in [6.45, 7) is 7.86. The normalized spacial score (nSPS) is 11.3. The first kappa shape index (κ1) is 37.1. The van der Waals surface area contributed by atoms with Gasteiger partial charge in [-0.15, -0.1) is 0 Å². The van der Waals surface area contributed by atoms with Gasteiger partial charge in [-0.25, -0.2) is 0 Å². The fourth-order valence-electron chi connectivity index (χ4n) is 4.17. The van der Waals surface area contributed by atoms with Gasteiger partial charge >= 0.3 is 13.4 Å². The van der Waals surface area contributed by atoms with E-state index >= 15 is 0 Å². The molecule has 0 atom stereocenters. The minimum absolute atomic E-state index is 1.36. The van der Waals surface area contributed by atoms with Gasteiger partial charge in [-0.05, 0) is 51.4 Å². The molecule has 0 aliphatic rings. The maximum absolute atomic E-state index is 9.67. The zero-order chi connectivity index (χ0) is 25.8. The number of rotatable bonds is 20. The van der Waals surface area contributed by atoms with Crippen molar-refractivity contribution in [3.05, 3.63) is 0 Å². The molecule has 0 amide bonds. The van der Waals surface area contributed by atoms with Gasteiger partial charge in [0.25, 0.3) is 0 Å². The Labute approximate surface area is 201 Å². The third-order valence-corrected chi connectivity index (χ3v) is 5.94. The lowest BCUT2D eigenvalue weighted by atomic mass is 10.1. The van der Waals surface area contributed by atoms with Gasteiger partial charge in [-0.1, -0.05) is 79.1 Å². The molecule has 0 aliphatic heterocycles. The topological polar surface area (TPSA) is 0 Å². The van der Waals surface area contributed by atoms with Crippen molar-refractivity contribution in [1.29, 1.82) is 0 Å². The number of halogens is 6. The van der Waals surface area contributed by atoms with Crippen LogP contribution in [0, 0.1) is 0 Å². The quantitative estimate of drug-likeness (QED) is 0.0897. The fourth-order valence-corrected chi connectivity index (χ4v) is 4.17. The number of hydrogen-bond acceptors (Lipinski definition) is 0. The molecule has 0 unspecified atom stereocenters. The van der Waals surface area contributed by atoms with Crippen LogP contribution in [0.2, 0.25) is 0 Å². The summed E-state index contributed by atoms with van der Waals surface area (Å²) in [5.41, 5.74) is 0. The summed E-state index contributed by atoms with van der Waals surface area (Å²) in [6, 6.07) is 0. The summed E-state index contributed by atoms with van der Waals surface area (Å²) in [4.78, 5) is 0. The second kappa shape index (κ2) is 29.6. The highest BCUT2D eigenvalue weighted by Crippen LogP contribution is 2.19. The molecular formula is C26H54F6N+. The Kier molecular flexibility index (Phi) is 33.2. The van der Waals surface area contributed by atoms with E-state index in [0.717, 1.165) is 0 Å². The molecule has 0 heterocycles. The van der Waals surface area contributed by atoms with Gasteiger partial charge in [0, 0.05) is 0 Å². The van der Waals surface area contributed by atoms with Crippen LogP contribution in [0.1, 0.15) is 130 Å². The van der Waals surface area contributed by atoms with E-state index in [1.165, 1.54) is 133 Å². The van der Waals surface area contributed by atoms with Crippen molar-refractivity contribution in [3.63, 3.8) is 0 Å². The van der Waals surface area contributed by atoms with Gasteiger partial charge in [0.1, 0.15) is 0 Å². The monoisotopic (exact) mass is 494 g/mol. The van der Waals surface area contributed by atoms with E-state index in [2.05, 4.69) is 27.7 Å². The molecular weight excluding hydrogens is 440 g/mol. The fraction of sp³-hybridized carbons (Fsp3) is 1.00. The van der Waals surface area contributed by atoms with E-state index in [4.69, 9.17) is 0 Å². The van der Waals surface area contributed by atoms with Crippen LogP contribution in [0.15, 0.2) is 0 Å². The second-order valence-corrected chi connectivity index (χ2v) is 8.97. The Balaban J connectivity index is -0.000000962. The second-order valence-electron chi connectivity index (χ2n) is 8.97. The molecule has 0 saturated carbocycles. The lowest BCUT2D eigenvalue weighted by Crippen LogP contribution is -2.50. The zero-order valence-corrected chi connectivity index (χ0v) is 22.0. The summed E-state index contributed by atoms with van der Waals surface area (Å²) in [6.07, 6.45) is 22.8. The number of hydrogen-bond donors (Lipinski definition) is 0. The molecule has 204 valence electrons. The Morgan fingerprint density at radius 3 is 0.697 bits per heavy atom. The van der Waals surface area contributed by atoms with E-state index in [9.17, 15) is 26.3 Å². The van der Waals surface area contributed by atoms with E-state index in [-0.39, 0.29) is 0 Å². The van der Waals surface area contributed by atoms with Gasteiger partial charge in [-0.3, -0.25) is 0 Å². The van der Waals surface area contributed by atoms with Crippen LogP contribution in [-0.2, 0) is 0 Å². The molecule has 0 fully saturated rings. The number of nitrogens with zero attached hydrogens (tertiary/aromatic N) is 1. The lowest BCUT2D eigenvalue weighted by molar-refractivity contribution is -0.929. The van der Waals surface area contributed by atoms with Crippen molar-refractivity contribution >= 4 is 0 Å². The molecule has 0 aromatic rings. The molecule has 1 nitrogen and oxygen atoms in total. The molecule has 7 heteroatoms. The molecule has 0 radical (unpaired) electrons. The third kappa shape index (κ3) is 36.3. The zero-order valence-electron chi connectivity index (χ0n) is 22.0. The van der Waals surface area contributed by atoms with E-state index in [1.807, 2.05) is 0 Å². The predicted molar refractivity (Wildman–Crippen MR) is 131 cm³/mol. The van der Waals surface area contributed by atoms with Crippen molar-refractivity contribution in [2.24, 2.45) is 0 Å². The molecule has 0 spiro atoms. The van der Waals surface area contributed by atoms with Gasteiger partial charge in [-0.2, -0.15) is 26.3 Å². The van der Waals surface area contributed by atoms with Crippen LogP contribution in [0.5, 0.6) is 0 Å². The van der Waals surface area contributed by atoms with Crippen LogP contribution < -0.4 is 0 Å². The van der Waals surface area contributed by atoms with Gasteiger partial charge in [0.15, 0.2) is 0 Å². The van der Waals surface area contributed by atoms with Gasteiger partial charge in [0.2, 0.25) is 0 Å². The van der Waals surface area contributed by atoms with Crippen molar-refractivity contribution < 1.29 is 30.8 Å². The number of unbranched alkanes of at least 4 members (excludes halogenated alkanes) is 12. The molecule has 0 aromatic heterocycles. The average Bonchev–Trinajstić information content (AvgIpc) is 2.74. The summed E-state index contributed by atoms with van der Waals surface area (Å²) in [5, 5.41) is 0. The Morgan fingerprint density at radius 2 is 0.545 bits per heavy atom. The Morgan fingerprint density at radius 1 is 0.364 bits per heavy atom. The minimum atomic E-state index is -3.67. The maximum atomic E-state index is 9.67. The summed E-state index contributed by atoms with van der Waals surface area (Å²) in [7, 11) is 0. The summed E-state index contributed by atoms with van der Waals surface area (Å²) >= 11 is 0. The molecule has 0 saturated heterocycles. The first-order valence-corrected chi connectivity index (χ1v) is 13.4. The Hall–Kier alpha value is -0.460. The smallest absolute Gasteiger partial charge is 0.324 e. The molecule has 0 N–H and O–H groups in total. The van der Waals surface area contributed by atoms with Crippen LogP contribution >= 0.6 is 0 Å². The molecule has 0 rings (SSSR count). The predicted octanol–water partition coefficient (Wildman–Crippen LogP) is 10.5. The van der Waals surface area contributed by atoms with Crippen LogP contribution in [0.3, 0.4) is 0 Å². The molecule has 0 aliphatic carbocycles. The van der Waals surface area contributed by atoms with E-state index in [1.54, 1.807) is 0 Å².